The summed E-state index contributed by atoms with van der Waals surface area (Å²) in [5.74, 6) is -1.98. The Kier molecular flexibility index (Phi) is 13.6. The van der Waals surface area contributed by atoms with E-state index in [-0.39, 0.29) is 6.42 Å². The Morgan fingerprint density at radius 1 is 0.810 bits per heavy atom. The molecule has 0 heterocycles. The Labute approximate surface area is 128 Å². The van der Waals surface area contributed by atoms with Crippen LogP contribution in [0, 0.1) is 0 Å². The quantitative estimate of drug-likeness (QED) is 0.300. The van der Waals surface area contributed by atoms with Gasteiger partial charge < -0.3 is 5.11 Å². The Balaban J connectivity index is 3.35. The van der Waals surface area contributed by atoms with Gasteiger partial charge in [-0.1, -0.05) is 56.2 Å². The minimum absolute atomic E-state index is 0.169. The third kappa shape index (κ3) is 14.6. The van der Waals surface area contributed by atoms with Gasteiger partial charge in [-0.3, -0.25) is 4.79 Å². The van der Waals surface area contributed by atoms with Gasteiger partial charge in [-0.25, -0.2) is 4.79 Å². The van der Waals surface area contributed by atoms with Gasteiger partial charge in [0, 0.05) is 6.42 Å². The van der Waals surface area contributed by atoms with Crippen molar-refractivity contribution in [2.24, 2.45) is 0 Å². The van der Waals surface area contributed by atoms with Crippen LogP contribution in [0.3, 0.4) is 0 Å². The Morgan fingerprint density at radius 3 is 2.00 bits per heavy atom. The van der Waals surface area contributed by atoms with Crippen LogP contribution >= 0.6 is 0 Å². The monoisotopic (exact) mass is 292 g/mol. The van der Waals surface area contributed by atoms with Gasteiger partial charge in [0.25, 0.3) is 0 Å². The third-order valence-corrected chi connectivity index (χ3v) is 3.04. The molecule has 0 aromatic heterocycles. The predicted molar refractivity (Wildman–Crippen MR) is 87.3 cm³/mol. The van der Waals surface area contributed by atoms with Crippen LogP contribution in [-0.2, 0) is 9.59 Å². The largest absolute Gasteiger partial charge is 0.476 e. The van der Waals surface area contributed by atoms with Gasteiger partial charge in [0.15, 0.2) is 0 Å². The molecule has 0 unspecified atom stereocenters. The molecule has 0 fully saturated rings. The molecule has 0 amide bonds. The van der Waals surface area contributed by atoms with Crippen molar-refractivity contribution < 1.29 is 14.7 Å². The number of Topliss-reactive ketones (excluding diaryl/α,β-unsaturated/α-hetero) is 1. The highest BCUT2D eigenvalue weighted by atomic mass is 16.4. The summed E-state index contributed by atoms with van der Waals surface area (Å²) in [6.07, 6.45) is 21.1. The van der Waals surface area contributed by atoms with Gasteiger partial charge in [-0.2, -0.15) is 0 Å². The van der Waals surface area contributed by atoms with Crippen molar-refractivity contribution >= 4 is 11.8 Å². The lowest BCUT2D eigenvalue weighted by atomic mass is 10.1. The fraction of sp³-hybridized carbons (Fsp3) is 0.556. The first-order valence-corrected chi connectivity index (χ1v) is 7.89. The fourth-order valence-corrected chi connectivity index (χ4v) is 1.83. The standard InChI is InChI=1S/C18H28O3/c1-2-3-4-5-6-7-8-9-10-11-12-13-14-15-16-17(19)18(20)21/h3-4,6-7,9-10H,2,5,8,11-16H2,1H3,(H,20,21). The summed E-state index contributed by atoms with van der Waals surface area (Å²) in [6, 6.07) is 0. The van der Waals surface area contributed by atoms with E-state index in [4.69, 9.17) is 5.11 Å². The van der Waals surface area contributed by atoms with Crippen molar-refractivity contribution in [2.75, 3.05) is 0 Å². The molecule has 0 aromatic rings. The summed E-state index contributed by atoms with van der Waals surface area (Å²) in [5, 5.41) is 8.42. The molecule has 0 aliphatic rings. The number of hydrogen-bond donors (Lipinski definition) is 1. The Hall–Kier alpha value is -1.64. The zero-order valence-corrected chi connectivity index (χ0v) is 13.1. The Bertz CT molecular complexity index is 365. The van der Waals surface area contributed by atoms with Crippen LogP contribution < -0.4 is 0 Å². The van der Waals surface area contributed by atoms with E-state index in [1.165, 1.54) is 0 Å². The maximum Gasteiger partial charge on any atom is 0.372 e. The van der Waals surface area contributed by atoms with E-state index in [9.17, 15) is 9.59 Å². The van der Waals surface area contributed by atoms with Crippen molar-refractivity contribution in [3.05, 3.63) is 36.5 Å². The van der Waals surface area contributed by atoms with Gasteiger partial charge in [-0.05, 0) is 38.5 Å². The molecule has 0 aliphatic heterocycles. The third-order valence-electron chi connectivity index (χ3n) is 3.04. The number of ketones is 1. The van der Waals surface area contributed by atoms with Crippen LogP contribution in [0.5, 0.6) is 0 Å². The minimum Gasteiger partial charge on any atom is -0.476 e. The maximum absolute atomic E-state index is 10.8. The Morgan fingerprint density at radius 2 is 1.38 bits per heavy atom. The maximum atomic E-state index is 10.8. The van der Waals surface area contributed by atoms with Crippen LogP contribution in [0.15, 0.2) is 36.5 Å². The summed E-state index contributed by atoms with van der Waals surface area (Å²) < 4.78 is 0. The van der Waals surface area contributed by atoms with E-state index in [2.05, 4.69) is 43.4 Å². The molecule has 118 valence electrons. The first-order valence-electron chi connectivity index (χ1n) is 7.89. The van der Waals surface area contributed by atoms with Crippen molar-refractivity contribution in [1.29, 1.82) is 0 Å². The van der Waals surface area contributed by atoms with E-state index in [0.29, 0.717) is 6.42 Å². The number of carboxylic acids is 1. The normalized spacial score (nSPS) is 11.9. The van der Waals surface area contributed by atoms with Gasteiger partial charge in [0.05, 0.1) is 0 Å². The average Bonchev–Trinajstić information content (AvgIpc) is 2.47. The molecular formula is C18H28O3. The zero-order chi connectivity index (χ0) is 15.8. The summed E-state index contributed by atoms with van der Waals surface area (Å²) in [5.41, 5.74) is 0. The predicted octanol–water partition coefficient (Wildman–Crippen LogP) is 4.84. The number of carbonyl (C=O) groups is 2. The van der Waals surface area contributed by atoms with E-state index in [0.717, 1.165) is 44.9 Å². The number of carbonyl (C=O) groups excluding carboxylic acids is 1. The average molecular weight is 292 g/mol. The molecule has 21 heavy (non-hydrogen) atoms. The molecule has 0 atom stereocenters. The number of hydrogen-bond acceptors (Lipinski definition) is 2. The molecule has 1 N–H and O–H groups in total. The van der Waals surface area contributed by atoms with Crippen LogP contribution in [0.4, 0.5) is 0 Å². The second-order valence-electron chi connectivity index (χ2n) is 4.98. The molecule has 0 bridgehead atoms. The van der Waals surface area contributed by atoms with Gasteiger partial charge >= 0.3 is 5.97 Å². The van der Waals surface area contributed by atoms with Crippen molar-refractivity contribution in [3.8, 4) is 0 Å². The molecule has 3 nitrogen and oxygen atoms in total. The molecule has 0 radical (unpaired) electrons. The summed E-state index contributed by atoms with van der Waals surface area (Å²) in [4.78, 5) is 21.1. The van der Waals surface area contributed by atoms with Crippen LogP contribution in [0.25, 0.3) is 0 Å². The second-order valence-corrected chi connectivity index (χ2v) is 4.98. The molecule has 0 aliphatic carbocycles. The van der Waals surface area contributed by atoms with Crippen LogP contribution in [-0.4, -0.2) is 16.9 Å². The lowest BCUT2D eigenvalue weighted by Crippen LogP contribution is -2.11. The van der Waals surface area contributed by atoms with Crippen molar-refractivity contribution in [3.63, 3.8) is 0 Å². The number of carboxylic acid groups (broad SMARTS) is 1. The zero-order valence-electron chi connectivity index (χ0n) is 13.1. The number of rotatable bonds is 13. The highest BCUT2D eigenvalue weighted by Crippen LogP contribution is 2.06. The lowest BCUT2D eigenvalue weighted by Gasteiger charge is -1.97. The minimum atomic E-state index is -1.31. The van der Waals surface area contributed by atoms with Gasteiger partial charge in [0.1, 0.15) is 0 Å². The molecule has 0 aromatic carbocycles. The summed E-state index contributed by atoms with van der Waals surface area (Å²) in [7, 11) is 0. The van der Waals surface area contributed by atoms with Gasteiger partial charge in [-0.15, -0.1) is 0 Å². The van der Waals surface area contributed by atoms with Crippen LogP contribution in [0.1, 0.15) is 64.7 Å². The van der Waals surface area contributed by atoms with Gasteiger partial charge in [0.2, 0.25) is 5.78 Å². The number of aliphatic carboxylic acids is 1. The first-order chi connectivity index (χ1) is 10.2. The highest BCUT2D eigenvalue weighted by molar-refractivity contribution is 6.32. The molecule has 3 heteroatoms. The van der Waals surface area contributed by atoms with E-state index in [1.807, 2.05) is 0 Å². The molecule has 0 rings (SSSR count). The first kappa shape index (κ1) is 19.4. The topological polar surface area (TPSA) is 54.4 Å². The number of allylic oxidation sites excluding steroid dienone is 6. The van der Waals surface area contributed by atoms with E-state index < -0.39 is 11.8 Å². The van der Waals surface area contributed by atoms with Crippen LogP contribution in [0.2, 0.25) is 0 Å². The molecule has 0 spiro atoms. The van der Waals surface area contributed by atoms with Crippen molar-refractivity contribution in [2.45, 2.75) is 64.7 Å². The lowest BCUT2D eigenvalue weighted by molar-refractivity contribution is -0.149. The van der Waals surface area contributed by atoms with E-state index >= 15 is 0 Å². The highest BCUT2D eigenvalue weighted by Gasteiger charge is 2.09. The van der Waals surface area contributed by atoms with Crippen molar-refractivity contribution in [1.82, 2.24) is 0 Å². The van der Waals surface area contributed by atoms with E-state index in [1.54, 1.807) is 0 Å². The molecule has 0 saturated heterocycles. The smallest absolute Gasteiger partial charge is 0.372 e. The molecular weight excluding hydrogens is 264 g/mol. The SMILES string of the molecule is CCC=CCC=CCC=CCCCCCCC(=O)C(=O)O. The molecule has 0 saturated carbocycles. The summed E-state index contributed by atoms with van der Waals surface area (Å²) in [6.45, 7) is 2.13. The fourth-order valence-electron chi connectivity index (χ4n) is 1.83. The number of unbranched alkanes of at least 4 members (excludes halogenated alkanes) is 4. The summed E-state index contributed by atoms with van der Waals surface area (Å²) >= 11 is 0. The second kappa shape index (κ2) is 14.8.